The van der Waals surface area contributed by atoms with E-state index in [1.807, 2.05) is 55.5 Å². The number of thioether (sulfide) groups is 1. The number of para-hydroxylation sites is 1. The third-order valence-corrected chi connectivity index (χ3v) is 5.25. The van der Waals surface area contributed by atoms with Crippen LogP contribution in [0.25, 0.3) is 6.08 Å². The van der Waals surface area contributed by atoms with Crippen molar-refractivity contribution >= 4 is 46.2 Å². The number of aliphatic imine (C=N–C) groups is 1. The number of nitrogens with zero attached hydrogens (tertiary/aromatic N) is 2. The van der Waals surface area contributed by atoms with Gasteiger partial charge in [0.05, 0.1) is 22.2 Å². The van der Waals surface area contributed by atoms with Gasteiger partial charge in [0, 0.05) is 6.54 Å². The van der Waals surface area contributed by atoms with Crippen LogP contribution in [0, 0.1) is 0 Å². The molecule has 3 rings (SSSR count). The largest absolute Gasteiger partial charge is 0.494 e. The minimum Gasteiger partial charge on any atom is -0.494 e. The first-order chi connectivity index (χ1) is 13.1. The Morgan fingerprint density at radius 1 is 1.15 bits per heavy atom. The van der Waals surface area contributed by atoms with Gasteiger partial charge in [0.15, 0.2) is 5.17 Å². The third-order valence-electron chi connectivity index (χ3n) is 3.92. The molecule has 1 heterocycles. The maximum absolute atomic E-state index is 12.7. The maximum atomic E-state index is 12.7. The summed E-state index contributed by atoms with van der Waals surface area (Å²) in [6.45, 7) is 5.25. The minimum absolute atomic E-state index is 0.0420. The summed E-state index contributed by atoms with van der Waals surface area (Å²) in [6, 6.07) is 15.1. The van der Waals surface area contributed by atoms with Crippen LogP contribution in [0.4, 0.5) is 5.69 Å². The maximum Gasteiger partial charge on any atom is 0.266 e. The Morgan fingerprint density at radius 2 is 1.89 bits per heavy atom. The number of amides is 1. The molecule has 2 aromatic carbocycles. The molecule has 1 aliphatic rings. The average Bonchev–Trinajstić information content (AvgIpc) is 2.97. The van der Waals surface area contributed by atoms with Gasteiger partial charge in [-0.1, -0.05) is 42.8 Å². The number of amidine groups is 1. The van der Waals surface area contributed by atoms with Crippen LogP contribution in [0.5, 0.6) is 5.75 Å². The molecular weight excluding hydrogens is 380 g/mol. The molecule has 1 amide bonds. The molecule has 0 radical (unpaired) electrons. The number of hydrogen-bond donors (Lipinski definition) is 0. The van der Waals surface area contributed by atoms with E-state index in [-0.39, 0.29) is 5.91 Å². The Morgan fingerprint density at radius 3 is 2.56 bits per heavy atom. The zero-order chi connectivity index (χ0) is 19.2. The second-order valence-corrected chi connectivity index (χ2v) is 7.34. The van der Waals surface area contributed by atoms with E-state index in [0.717, 1.165) is 17.7 Å². The highest BCUT2D eigenvalue weighted by molar-refractivity contribution is 8.18. The predicted octanol–water partition coefficient (Wildman–Crippen LogP) is 5.75. The van der Waals surface area contributed by atoms with Crippen molar-refractivity contribution in [3.63, 3.8) is 0 Å². The highest BCUT2D eigenvalue weighted by Gasteiger charge is 2.32. The standard InChI is InChI=1S/C21H21ClN2O2S/c1-3-13-26-16-11-9-15(10-12-16)14-19-20(25)24(4-2)21(27-19)23-18-8-6-5-7-17(18)22/h5-12,14H,3-4,13H2,1-2H3/b19-14+,23-21?. The van der Waals surface area contributed by atoms with Gasteiger partial charge in [0.2, 0.25) is 0 Å². The number of rotatable bonds is 6. The number of carbonyl (C=O) groups is 1. The summed E-state index contributed by atoms with van der Waals surface area (Å²) in [7, 11) is 0. The second-order valence-electron chi connectivity index (χ2n) is 5.92. The first kappa shape index (κ1) is 19.5. The summed E-state index contributed by atoms with van der Waals surface area (Å²) >= 11 is 7.57. The van der Waals surface area contributed by atoms with Crippen LogP contribution in [0.2, 0.25) is 5.02 Å². The molecule has 27 heavy (non-hydrogen) atoms. The summed E-state index contributed by atoms with van der Waals surface area (Å²) in [5, 5.41) is 1.21. The van der Waals surface area contributed by atoms with E-state index < -0.39 is 0 Å². The van der Waals surface area contributed by atoms with E-state index in [1.54, 1.807) is 11.0 Å². The summed E-state index contributed by atoms with van der Waals surface area (Å²) in [5.41, 5.74) is 1.61. The molecule has 2 aromatic rings. The summed E-state index contributed by atoms with van der Waals surface area (Å²) in [4.78, 5) is 19.6. The van der Waals surface area contributed by atoms with Crippen LogP contribution in [-0.2, 0) is 4.79 Å². The van der Waals surface area contributed by atoms with Gasteiger partial charge in [0.1, 0.15) is 5.75 Å². The number of ether oxygens (including phenoxy) is 1. The molecule has 1 fully saturated rings. The van der Waals surface area contributed by atoms with Crippen molar-refractivity contribution in [2.45, 2.75) is 20.3 Å². The summed E-state index contributed by atoms with van der Waals surface area (Å²) in [5.74, 6) is 0.792. The predicted molar refractivity (Wildman–Crippen MR) is 114 cm³/mol. The van der Waals surface area contributed by atoms with Gasteiger partial charge in [-0.3, -0.25) is 9.69 Å². The van der Waals surface area contributed by atoms with Gasteiger partial charge >= 0.3 is 0 Å². The summed E-state index contributed by atoms with van der Waals surface area (Å²) < 4.78 is 5.60. The molecule has 0 N–H and O–H groups in total. The smallest absolute Gasteiger partial charge is 0.266 e. The number of likely N-dealkylation sites (N-methyl/N-ethyl adjacent to an activating group) is 1. The molecule has 0 saturated carbocycles. The monoisotopic (exact) mass is 400 g/mol. The fraction of sp³-hybridized carbons (Fsp3) is 0.238. The highest BCUT2D eigenvalue weighted by Crippen LogP contribution is 2.35. The van der Waals surface area contributed by atoms with Crippen LogP contribution in [-0.4, -0.2) is 29.1 Å². The fourth-order valence-corrected chi connectivity index (χ4v) is 3.78. The van der Waals surface area contributed by atoms with Crippen molar-refractivity contribution < 1.29 is 9.53 Å². The number of carbonyl (C=O) groups excluding carboxylic acids is 1. The zero-order valence-corrected chi connectivity index (χ0v) is 16.9. The minimum atomic E-state index is -0.0420. The first-order valence-corrected chi connectivity index (χ1v) is 10.1. The lowest BCUT2D eigenvalue weighted by molar-refractivity contribution is -0.122. The molecule has 0 unspecified atom stereocenters. The lowest BCUT2D eigenvalue weighted by Crippen LogP contribution is -2.28. The molecule has 4 nitrogen and oxygen atoms in total. The third kappa shape index (κ3) is 4.73. The van der Waals surface area contributed by atoms with Crippen LogP contribution in [0.15, 0.2) is 58.4 Å². The zero-order valence-electron chi connectivity index (χ0n) is 15.3. The topological polar surface area (TPSA) is 41.9 Å². The van der Waals surface area contributed by atoms with Gasteiger partial charge in [-0.25, -0.2) is 4.99 Å². The van der Waals surface area contributed by atoms with Crippen LogP contribution in [0.3, 0.4) is 0 Å². The van der Waals surface area contributed by atoms with E-state index in [0.29, 0.717) is 33.9 Å². The number of benzene rings is 2. The van der Waals surface area contributed by atoms with Crippen molar-refractivity contribution in [1.82, 2.24) is 4.90 Å². The first-order valence-electron chi connectivity index (χ1n) is 8.90. The Kier molecular flexibility index (Phi) is 6.58. The van der Waals surface area contributed by atoms with Gasteiger partial charge in [0.25, 0.3) is 5.91 Å². The van der Waals surface area contributed by atoms with Gasteiger partial charge in [-0.2, -0.15) is 0 Å². The van der Waals surface area contributed by atoms with Crippen LogP contribution < -0.4 is 4.74 Å². The Bertz CT molecular complexity index is 878. The van der Waals surface area contributed by atoms with Crippen molar-refractivity contribution in [3.8, 4) is 5.75 Å². The summed E-state index contributed by atoms with van der Waals surface area (Å²) in [6.07, 6.45) is 2.85. The average molecular weight is 401 g/mol. The van der Waals surface area contributed by atoms with Gasteiger partial charge in [-0.15, -0.1) is 0 Å². The quantitative estimate of drug-likeness (QED) is 0.579. The molecule has 1 aliphatic heterocycles. The van der Waals surface area contributed by atoms with E-state index in [9.17, 15) is 4.79 Å². The molecule has 0 spiro atoms. The fourth-order valence-electron chi connectivity index (χ4n) is 2.55. The van der Waals surface area contributed by atoms with Crippen molar-refractivity contribution in [3.05, 3.63) is 64.0 Å². The van der Waals surface area contributed by atoms with Crippen molar-refractivity contribution in [2.24, 2.45) is 4.99 Å². The molecular formula is C21H21ClN2O2S. The van der Waals surface area contributed by atoms with E-state index >= 15 is 0 Å². The number of halogens is 1. The normalized spacial score (nSPS) is 17.1. The number of hydrogen-bond acceptors (Lipinski definition) is 4. The molecule has 0 aromatic heterocycles. The van der Waals surface area contributed by atoms with Gasteiger partial charge < -0.3 is 4.74 Å². The SMILES string of the molecule is CCCOc1ccc(/C=C2/SC(=Nc3ccccc3Cl)N(CC)C2=O)cc1. The second kappa shape index (κ2) is 9.11. The lowest BCUT2D eigenvalue weighted by Gasteiger charge is -2.12. The Hall–Kier alpha value is -2.24. The molecule has 6 heteroatoms. The molecule has 0 aliphatic carbocycles. The molecule has 140 valence electrons. The Balaban J connectivity index is 1.83. The van der Waals surface area contributed by atoms with E-state index in [2.05, 4.69) is 11.9 Å². The van der Waals surface area contributed by atoms with Gasteiger partial charge in [-0.05, 0) is 61.0 Å². The Labute approximate surface area is 168 Å². The van der Waals surface area contributed by atoms with Crippen molar-refractivity contribution in [1.29, 1.82) is 0 Å². The van der Waals surface area contributed by atoms with E-state index in [1.165, 1.54) is 11.8 Å². The lowest BCUT2D eigenvalue weighted by atomic mass is 10.2. The van der Waals surface area contributed by atoms with Crippen molar-refractivity contribution in [2.75, 3.05) is 13.2 Å². The molecule has 0 atom stereocenters. The molecule has 0 bridgehead atoms. The molecule has 1 saturated heterocycles. The van der Waals surface area contributed by atoms with E-state index in [4.69, 9.17) is 16.3 Å². The van der Waals surface area contributed by atoms with Crippen LogP contribution >= 0.6 is 23.4 Å². The van der Waals surface area contributed by atoms with Crippen LogP contribution in [0.1, 0.15) is 25.8 Å². The highest BCUT2D eigenvalue weighted by atomic mass is 35.5.